The lowest BCUT2D eigenvalue weighted by Crippen LogP contribution is -2.52. The largest absolute Gasteiger partial charge is 0.383 e. The molecule has 0 saturated carbocycles. The van der Waals surface area contributed by atoms with E-state index in [2.05, 4.69) is 10.6 Å². The van der Waals surface area contributed by atoms with Gasteiger partial charge >= 0.3 is 6.03 Å². The second-order valence-corrected chi connectivity index (χ2v) is 4.57. The maximum atomic E-state index is 11.8. The van der Waals surface area contributed by atoms with Crippen molar-refractivity contribution in [3.63, 3.8) is 0 Å². The monoisotopic (exact) mass is 227 g/mol. The van der Waals surface area contributed by atoms with Crippen molar-refractivity contribution < 1.29 is 9.53 Å². The van der Waals surface area contributed by atoms with Crippen LogP contribution in [0.2, 0.25) is 0 Å². The Hall–Kier alpha value is -0.810. The van der Waals surface area contributed by atoms with Crippen molar-refractivity contribution in [3.05, 3.63) is 0 Å². The molecule has 2 fully saturated rings. The number of methoxy groups -OCH3 is 1. The van der Waals surface area contributed by atoms with Crippen LogP contribution in [0, 0.1) is 5.92 Å². The highest BCUT2D eigenvalue weighted by molar-refractivity contribution is 5.74. The Labute approximate surface area is 96.5 Å². The fourth-order valence-electron chi connectivity index (χ4n) is 2.59. The van der Waals surface area contributed by atoms with E-state index >= 15 is 0 Å². The molecular weight excluding hydrogens is 206 g/mol. The molecule has 2 aliphatic rings. The number of carbonyl (C=O) groups is 1. The predicted molar refractivity (Wildman–Crippen MR) is 61.4 cm³/mol. The van der Waals surface area contributed by atoms with Gasteiger partial charge in [-0.3, -0.25) is 0 Å². The fraction of sp³-hybridized carbons (Fsp3) is 0.909. The third kappa shape index (κ3) is 2.65. The molecular formula is C11H21N3O2. The van der Waals surface area contributed by atoms with E-state index in [4.69, 9.17) is 4.74 Å². The number of likely N-dealkylation sites (tertiary alicyclic amines) is 1. The van der Waals surface area contributed by atoms with Gasteiger partial charge in [0, 0.05) is 32.8 Å². The number of carbonyl (C=O) groups excluding carboxylic acids is 1. The number of fused-ring (bicyclic) bond motifs is 1. The Kier molecular flexibility index (Phi) is 4.01. The molecule has 2 heterocycles. The molecule has 0 bridgehead atoms. The van der Waals surface area contributed by atoms with Gasteiger partial charge in [0.15, 0.2) is 0 Å². The van der Waals surface area contributed by atoms with E-state index < -0.39 is 0 Å². The average Bonchev–Trinajstić information content (AvgIpc) is 2.76. The van der Waals surface area contributed by atoms with Crippen LogP contribution in [0.5, 0.6) is 0 Å². The van der Waals surface area contributed by atoms with Gasteiger partial charge in [0.2, 0.25) is 0 Å². The highest BCUT2D eigenvalue weighted by atomic mass is 16.5. The smallest absolute Gasteiger partial charge is 0.317 e. The normalized spacial score (nSPS) is 28.9. The molecule has 0 unspecified atom stereocenters. The van der Waals surface area contributed by atoms with Crippen LogP contribution in [0.3, 0.4) is 0 Å². The number of rotatable bonds is 3. The zero-order chi connectivity index (χ0) is 11.4. The summed E-state index contributed by atoms with van der Waals surface area (Å²) in [7, 11) is 1.64. The van der Waals surface area contributed by atoms with Crippen molar-refractivity contribution in [1.29, 1.82) is 0 Å². The van der Waals surface area contributed by atoms with Crippen molar-refractivity contribution in [2.45, 2.75) is 18.9 Å². The van der Waals surface area contributed by atoms with Crippen LogP contribution in [0.25, 0.3) is 0 Å². The fourth-order valence-corrected chi connectivity index (χ4v) is 2.59. The zero-order valence-corrected chi connectivity index (χ0v) is 9.87. The van der Waals surface area contributed by atoms with Crippen LogP contribution < -0.4 is 10.6 Å². The minimum absolute atomic E-state index is 0.0456. The van der Waals surface area contributed by atoms with E-state index in [9.17, 15) is 4.79 Å². The van der Waals surface area contributed by atoms with Gasteiger partial charge in [0.05, 0.1) is 6.61 Å². The molecule has 2 saturated heterocycles. The van der Waals surface area contributed by atoms with Gasteiger partial charge in [-0.15, -0.1) is 0 Å². The van der Waals surface area contributed by atoms with E-state index in [1.54, 1.807) is 7.11 Å². The molecule has 2 N–H and O–H groups in total. The molecule has 0 aliphatic carbocycles. The van der Waals surface area contributed by atoms with Crippen LogP contribution in [-0.2, 0) is 4.74 Å². The van der Waals surface area contributed by atoms with Gasteiger partial charge in [-0.05, 0) is 25.3 Å². The summed E-state index contributed by atoms with van der Waals surface area (Å²) in [5, 5.41) is 6.33. The Morgan fingerprint density at radius 2 is 2.44 bits per heavy atom. The quantitative estimate of drug-likeness (QED) is 0.669. The first-order valence-corrected chi connectivity index (χ1v) is 6.06. The summed E-state index contributed by atoms with van der Waals surface area (Å²) in [5.74, 6) is 0.781. The number of ether oxygens (including phenoxy) is 1. The van der Waals surface area contributed by atoms with Gasteiger partial charge in [-0.25, -0.2) is 4.79 Å². The highest BCUT2D eigenvalue weighted by Gasteiger charge is 2.34. The van der Waals surface area contributed by atoms with Crippen molar-refractivity contribution >= 4 is 6.03 Å². The molecule has 2 atom stereocenters. The summed E-state index contributed by atoms with van der Waals surface area (Å²) in [6, 6.07) is 0.561. The van der Waals surface area contributed by atoms with Gasteiger partial charge < -0.3 is 20.3 Å². The van der Waals surface area contributed by atoms with Crippen LogP contribution in [-0.4, -0.2) is 56.9 Å². The van der Waals surface area contributed by atoms with Crippen molar-refractivity contribution in [1.82, 2.24) is 15.5 Å². The van der Waals surface area contributed by atoms with Crippen LogP contribution in [0.4, 0.5) is 4.79 Å². The van der Waals surface area contributed by atoms with Crippen LogP contribution in [0.15, 0.2) is 0 Å². The molecule has 5 heteroatoms. The molecule has 2 amide bonds. The Morgan fingerprint density at radius 3 is 3.25 bits per heavy atom. The number of piperidine rings is 1. The SMILES string of the molecule is COCCNC(=O)N1CC[C@@H]2CCN[C@@H]2C1. The van der Waals surface area contributed by atoms with Crippen LogP contribution in [0.1, 0.15) is 12.8 Å². The summed E-state index contributed by atoms with van der Waals surface area (Å²) in [5.41, 5.74) is 0. The van der Waals surface area contributed by atoms with E-state index in [1.165, 1.54) is 6.42 Å². The van der Waals surface area contributed by atoms with E-state index in [-0.39, 0.29) is 6.03 Å². The first-order valence-electron chi connectivity index (χ1n) is 6.06. The lowest BCUT2D eigenvalue weighted by Gasteiger charge is -2.34. The molecule has 0 aromatic carbocycles. The van der Waals surface area contributed by atoms with Gasteiger partial charge in [-0.2, -0.15) is 0 Å². The summed E-state index contributed by atoms with van der Waals surface area (Å²) in [4.78, 5) is 13.7. The topological polar surface area (TPSA) is 53.6 Å². The predicted octanol–water partition coefficient (Wildman–Crippen LogP) is 0.0262. The molecule has 0 spiro atoms. The lowest BCUT2D eigenvalue weighted by molar-refractivity contribution is 0.154. The molecule has 0 radical (unpaired) electrons. The molecule has 16 heavy (non-hydrogen) atoms. The maximum Gasteiger partial charge on any atom is 0.317 e. The van der Waals surface area contributed by atoms with E-state index in [0.29, 0.717) is 19.2 Å². The second-order valence-electron chi connectivity index (χ2n) is 4.57. The summed E-state index contributed by atoms with van der Waals surface area (Å²) >= 11 is 0. The molecule has 0 aromatic rings. The van der Waals surface area contributed by atoms with Crippen molar-refractivity contribution in [2.75, 3.05) is 39.9 Å². The number of amides is 2. The third-order valence-corrected chi connectivity index (χ3v) is 3.55. The molecule has 0 aromatic heterocycles. The second kappa shape index (κ2) is 5.50. The molecule has 2 rings (SSSR count). The summed E-state index contributed by atoms with van der Waals surface area (Å²) in [6.45, 7) is 4.01. The summed E-state index contributed by atoms with van der Waals surface area (Å²) in [6.07, 6.45) is 2.40. The lowest BCUT2D eigenvalue weighted by atomic mass is 9.93. The van der Waals surface area contributed by atoms with Gasteiger partial charge in [-0.1, -0.05) is 0 Å². The average molecular weight is 227 g/mol. The number of nitrogens with zero attached hydrogens (tertiary/aromatic N) is 1. The van der Waals surface area contributed by atoms with Crippen molar-refractivity contribution in [3.8, 4) is 0 Å². The molecule has 5 nitrogen and oxygen atoms in total. The van der Waals surface area contributed by atoms with E-state index in [1.807, 2.05) is 4.90 Å². The molecule has 2 aliphatic heterocycles. The standard InChI is InChI=1S/C11H21N3O2/c1-16-7-5-13-11(15)14-6-3-9-2-4-12-10(9)8-14/h9-10,12H,2-8H2,1H3,(H,13,15)/t9-,10+/m0/s1. The van der Waals surface area contributed by atoms with Gasteiger partial charge in [0.25, 0.3) is 0 Å². The first kappa shape index (κ1) is 11.7. The third-order valence-electron chi connectivity index (χ3n) is 3.55. The number of nitrogens with one attached hydrogen (secondary N) is 2. The van der Waals surface area contributed by atoms with E-state index in [0.717, 1.165) is 32.0 Å². The minimum atomic E-state index is 0.0456. The number of urea groups is 1. The zero-order valence-electron chi connectivity index (χ0n) is 9.87. The van der Waals surface area contributed by atoms with Crippen molar-refractivity contribution in [2.24, 2.45) is 5.92 Å². The summed E-state index contributed by atoms with van der Waals surface area (Å²) < 4.78 is 4.90. The molecule has 92 valence electrons. The highest BCUT2D eigenvalue weighted by Crippen LogP contribution is 2.24. The number of hydrogen-bond donors (Lipinski definition) is 2. The minimum Gasteiger partial charge on any atom is -0.383 e. The van der Waals surface area contributed by atoms with Gasteiger partial charge in [0.1, 0.15) is 0 Å². The Bertz CT molecular complexity index is 247. The first-order chi connectivity index (χ1) is 7.81. The Balaban J connectivity index is 1.75. The number of hydrogen-bond acceptors (Lipinski definition) is 3. The maximum absolute atomic E-state index is 11.8. The Morgan fingerprint density at radius 1 is 1.56 bits per heavy atom. The van der Waals surface area contributed by atoms with Crippen LogP contribution >= 0.6 is 0 Å².